The molecule has 110 valence electrons. The van der Waals surface area contributed by atoms with E-state index in [1.807, 2.05) is 13.1 Å². The quantitative estimate of drug-likeness (QED) is 0.915. The highest BCUT2D eigenvalue weighted by Gasteiger charge is 2.18. The minimum atomic E-state index is -0.378. The number of rotatable bonds is 5. The molecule has 0 atom stereocenters. The van der Waals surface area contributed by atoms with Gasteiger partial charge in [0, 0.05) is 29.9 Å². The molecule has 3 rings (SSSR count). The van der Waals surface area contributed by atoms with E-state index in [1.54, 1.807) is 12.3 Å². The van der Waals surface area contributed by atoms with E-state index in [9.17, 15) is 4.39 Å². The molecule has 2 heterocycles. The summed E-state index contributed by atoms with van der Waals surface area (Å²) in [6.45, 7) is 1.08. The first-order valence-corrected chi connectivity index (χ1v) is 6.55. The van der Waals surface area contributed by atoms with E-state index in [0.717, 1.165) is 11.8 Å². The number of pyridine rings is 1. The van der Waals surface area contributed by atoms with Gasteiger partial charge < -0.3 is 19.5 Å². The number of ether oxygens (including phenoxy) is 3. The number of halogens is 1. The zero-order valence-corrected chi connectivity index (χ0v) is 11.6. The van der Waals surface area contributed by atoms with Crippen LogP contribution in [-0.2, 0) is 13.2 Å². The summed E-state index contributed by atoms with van der Waals surface area (Å²) in [5.41, 5.74) is 1.62. The Hall–Kier alpha value is -2.34. The second kappa shape index (κ2) is 5.97. The van der Waals surface area contributed by atoms with E-state index in [4.69, 9.17) is 14.2 Å². The first-order chi connectivity index (χ1) is 10.3. The molecule has 0 fully saturated rings. The van der Waals surface area contributed by atoms with Crippen LogP contribution >= 0.6 is 0 Å². The smallest absolute Gasteiger partial charge is 0.231 e. The number of hydrogen-bond donors (Lipinski definition) is 1. The van der Waals surface area contributed by atoms with Gasteiger partial charge in [0.1, 0.15) is 18.2 Å². The monoisotopic (exact) mass is 290 g/mol. The van der Waals surface area contributed by atoms with Gasteiger partial charge in [-0.3, -0.25) is 4.98 Å². The van der Waals surface area contributed by atoms with Gasteiger partial charge in [0.15, 0.2) is 11.5 Å². The number of fused-ring (bicyclic) bond motifs is 1. The maximum atomic E-state index is 13.1. The van der Waals surface area contributed by atoms with Crippen LogP contribution < -0.4 is 19.5 Å². The number of nitrogens with one attached hydrogen (secondary N) is 1. The van der Waals surface area contributed by atoms with Crippen LogP contribution in [0.4, 0.5) is 4.39 Å². The number of nitrogens with zero attached hydrogens (tertiary/aromatic N) is 1. The summed E-state index contributed by atoms with van der Waals surface area (Å²) in [6.07, 6.45) is 2.74. The lowest BCUT2D eigenvalue weighted by Gasteiger charge is -2.12. The van der Waals surface area contributed by atoms with Gasteiger partial charge in [0.05, 0.1) is 6.20 Å². The van der Waals surface area contributed by atoms with Crippen LogP contribution in [0, 0.1) is 5.82 Å². The van der Waals surface area contributed by atoms with E-state index < -0.39 is 0 Å². The largest absolute Gasteiger partial charge is 0.488 e. The lowest BCUT2D eigenvalue weighted by molar-refractivity contribution is 0.173. The highest BCUT2D eigenvalue weighted by molar-refractivity contribution is 5.51. The lowest BCUT2D eigenvalue weighted by Crippen LogP contribution is -2.08. The SMILES string of the molecule is CNCc1cc2c(cc1OCc1cncc(F)c1)OCO2. The van der Waals surface area contributed by atoms with Gasteiger partial charge in [-0.15, -0.1) is 0 Å². The summed E-state index contributed by atoms with van der Waals surface area (Å²) in [5.74, 6) is 1.66. The van der Waals surface area contributed by atoms with Gasteiger partial charge >= 0.3 is 0 Å². The number of benzene rings is 1. The normalized spacial score (nSPS) is 12.5. The Morgan fingerprint density at radius 3 is 2.81 bits per heavy atom. The van der Waals surface area contributed by atoms with Gasteiger partial charge in [0.2, 0.25) is 6.79 Å². The molecule has 0 spiro atoms. The van der Waals surface area contributed by atoms with Gasteiger partial charge in [-0.1, -0.05) is 0 Å². The topological polar surface area (TPSA) is 52.6 Å². The third-order valence-corrected chi connectivity index (χ3v) is 3.08. The van der Waals surface area contributed by atoms with E-state index in [-0.39, 0.29) is 19.2 Å². The van der Waals surface area contributed by atoms with Crippen molar-refractivity contribution in [2.45, 2.75) is 13.2 Å². The molecule has 5 nitrogen and oxygen atoms in total. The Bertz CT molecular complexity index is 649. The molecular weight excluding hydrogens is 275 g/mol. The summed E-state index contributed by atoms with van der Waals surface area (Å²) >= 11 is 0. The van der Waals surface area contributed by atoms with Crippen molar-refractivity contribution < 1.29 is 18.6 Å². The highest BCUT2D eigenvalue weighted by atomic mass is 19.1. The molecule has 1 N–H and O–H groups in total. The Balaban J connectivity index is 1.80. The van der Waals surface area contributed by atoms with Crippen molar-refractivity contribution in [1.82, 2.24) is 10.3 Å². The van der Waals surface area contributed by atoms with E-state index in [1.165, 1.54) is 6.07 Å². The molecule has 1 aliphatic heterocycles. The van der Waals surface area contributed by atoms with Crippen LogP contribution in [0.5, 0.6) is 17.2 Å². The minimum Gasteiger partial charge on any atom is -0.488 e. The number of aromatic nitrogens is 1. The van der Waals surface area contributed by atoms with Gasteiger partial charge in [-0.25, -0.2) is 4.39 Å². The molecule has 0 radical (unpaired) electrons. The third-order valence-electron chi connectivity index (χ3n) is 3.08. The summed E-state index contributed by atoms with van der Waals surface area (Å²) in [4.78, 5) is 3.80. The van der Waals surface area contributed by atoms with Crippen molar-refractivity contribution in [3.05, 3.63) is 47.5 Å². The van der Waals surface area contributed by atoms with E-state index >= 15 is 0 Å². The highest BCUT2D eigenvalue weighted by Crippen LogP contribution is 2.38. The van der Waals surface area contributed by atoms with Crippen LogP contribution in [0.15, 0.2) is 30.6 Å². The van der Waals surface area contributed by atoms with Crippen molar-refractivity contribution in [3.8, 4) is 17.2 Å². The second-order valence-electron chi connectivity index (χ2n) is 4.64. The summed E-state index contributed by atoms with van der Waals surface area (Å²) < 4.78 is 29.6. The molecule has 1 aromatic carbocycles. The Morgan fingerprint density at radius 1 is 1.24 bits per heavy atom. The summed E-state index contributed by atoms with van der Waals surface area (Å²) in [6, 6.07) is 5.08. The zero-order chi connectivity index (χ0) is 14.7. The molecule has 0 aliphatic carbocycles. The average Bonchev–Trinajstić information content (AvgIpc) is 2.92. The van der Waals surface area contributed by atoms with Crippen LogP contribution in [-0.4, -0.2) is 18.8 Å². The van der Waals surface area contributed by atoms with Crippen molar-refractivity contribution in [2.24, 2.45) is 0 Å². The zero-order valence-electron chi connectivity index (χ0n) is 11.6. The molecule has 0 saturated heterocycles. The first kappa shape index (κ1) is 13.6. The molecule has 1 aromatic heterocycles. The standard InChI is InChI=1S/C15H15FN2O3/c1-17-6-11-3-14-15(21-9-20-14)4-13(11)19-8-10-2-12(16)7-18-5-10/h2-5,7,17H,6,8-9H2,1H3. The van der Waals surface area contributed by atoms with E-state index in [2.05, 4.69) is 10.3 Å². The fourth-order valence-corrected chi connectivity index (χ4v) is 2.12. The van der Waals surface area contributed by atoms with Gasteiger partial charge in [-0.05, 0) is 19.2 Å². The van der Waals surface area contributed by atoms with E-state index in [0.29, 0.717) is 29.4 Å². The molecule has 0 unspecified atom stereocenters. The lowest BCUT2D eigenvalue weighted by atomic mass is 10.1. The summed E-state index contributed by atoms with van der Waals surface area (Å²) in [7, 11) is 1.85. The number of hydrogen-bond acceptors (Lipinski definition) is 5. The molecule has 0 amide bonds. The fourth-order valence-electron chi connectivity index (χ4n) is 2.12. The second-order valence-corrected chi connectivity index (χ2v) is 4.64. The van der Waals surface area contributed by atoms with Crippen molar-refractivity contribution in [2.75, 3.05) is 13.8 Å². The molecule has 0 saturated carbocycles. The van der Waals surface area contributed by atoms with Crippen molar-refractivity contribution >= 4 is 0 Å². The van der Waals surface area contributed by atoms with Gasteiger partial charge in [0.25, 0.3) is 0 Å². The average molecular weight is 290 g/mol. The van der Waals surface area contributed by atoms with Crippen molar-refractivity contribution in [3.63, 3.8) is 0 Å². The predicted molar refractivity (Wildman–Crippen MR) is 73.9 cm³/mol. The maximum absolute atomic E-state index is 13.1. The first-order valence-electron chi connectivity index (χ1n) is 6.55. The molecule has 1 aliphatic rings. The van der Waals surface area contributed by atoms with Crippen LogP contribution in [0.25, 0.3) is 0 Å². The van der Waals surface area contributed by atoms with Crippen LogP contribution in [0.3, 0.4) is 0 Å². The molecule has 6 heteroatoms. The third kappa shape index (κ3) is 3.05. The molecular formula is C15H15FN2O3. The predicted octanol–water partition coefficient (Wildman–Crippen LogP) is 2.25. The fraction of sp³-hybridized carbons (Fsp3) is 0.267. The van der Waals surface area contributed by atoms with Crippen LogP contribution in [0.1, 0.15) is 11.1 Å². The molecule has 2 aromatic rings. The summed E-state index contributed by atoms with van der Waals surface area (Å²) in [5, 5.41) is 3.07. The minimum absolute atomic E-state index is 0.214. The maximum Gasteiger partial charge on any atom is 0.231 e. The van der Waals surface area contributed by atoms with Crippen molar-refractivity contribution in [1.29, 1.82) is 0 Å². The Morgan fingerprint density at radius 2 is 2.05 bits per heavy atom. The van der Waals surface area contributed by atoms with Crippen LogP contribution in [0.2, 0.25) is 0 Å². The molecule has 21 heavy (non-hydrogen) atoms. The Labute approximate surface area is 121 Å². The van der Waals surface area contributed by atoms with Gasteiger partial charge in [-0.2, -0.15) is 0 Å². The Kier molecular flexibility index (Phi) is 3.87. The molecule has 0 bridgehead atoms.